The average molecular weight is 898 g/mol. The smallest absolute Gasteiger partial charge is 0.0656 e. The molecule has 0 heterocycles. The third-order valence-electron chi connectivity index (χ3n) is 14.1. The lowest BCUT2D eigenvalue weighted by atomic mass is 10.1. The molecule has 0 bridgehead atoms. The molecule has 0 nitrogen and oxygen atoms in total. The standard InChI is InChI=1S/C51H88Si7/c1-32-29-42(49(55(20,21)22)39(8)45(32)52(11,12)13)58(48-37(6)35(4)36(5)38(48)7,43-30-33(2)46(53(14,15)16)40(9)50(43)56(23,24)25)44-31-34(3)47(54(17,18)19)41(10)51(44)57(26,27)28/h29-31,37H,1-28H3. The Morgan fingerprint density at radius 2 is 0.552 bits per heavy atom. The molecule has 0 saturated heterocycles. The lowest BCUT2D eigenvalue weighted by molar-refractivity contribution is 0.852. The van der Waals surface area contributed by atoms with Crippen molar-refractivity contribution >= 4 is 103 Å². The monoisotopic (exact) mass is 897 g/mol. The van der Waals surface area contributed by atoms with E-state index in [2.05, 4.69) is 205 Å². The van der Waals surface area contributed by atoms with Crippen molar-refractivity contribution in [2.45, 2.75) is 187 Å². The molecule has 3 aromatic carbocycles. The molecule has 0 spiro atoms. The minimum Gasteiger partial charge on any atom is -0.0656 e. The van der Waals surface area contributed by atoms with Crippen LogP contribution in [-0.4, -0.2) is 56.5 Å². The first-order valence-corrected chi connectivity index (χ1v) is 45.6. The largest absolute Gasteiger partial charge is 0.176 e. The van der Waals surface area contributed by atoms with Crippen molar-refractivity contribution in [3.8, 4) is 0 Å². The van der Waals surface area contributed by atoms with Crippen molar-refractivity contribution in [3.05, 3.63) is 73.5 Å². The topological polar surface area (TPSA) is 0 Å². The summed E-state index contributed by atoms with van der Waals surface area (Å²) in [5, 5.41) is 17.6. The highest BCUT2D eigenvalue weighted by atomic mass is 28.3. The highest BCUT2D eigenvalue weighted by molar-refractivity contribution is 7.23. The van der Waals surface area contributed by atoms with Crippen LogP contribution in [0.1, 0.15) is 61.1 Å². The Kier molecular flexibility index (Phi) is 13.2. The molecular weight excluding hydrogens is 809 g/mol. The van der Waals surface area contributed by atoms with E-state index < -0.39 is 56.5 Å². The molecule has 1 aliphatic rings. The Bertz CT molecular complexity index is 2010. The second kappa shape index (κ2) is 15.5. The minimum absolute atomic E-state index is 0.386. The molecule has 0 N–H and O–H groups in total. The first kappa shape index (κ1) is 49.3. The average Bonchev–Trinajstić information content (AvgIpc) is 3.15. The van der Waals surface area contributed by atoms with E-state index in [0.29, 0.717) is 5.92 Å². The molecule has 1 atom stereocenters. The molecule has 1 aliphatic carbocycles. The van der Waals surface area contributed by atoms with E-state index in [1.807, 2.05) is 0 Å². The number of allylic oxidation sites excluding steroid dienone is 4. The molecule has 0 radical (unpaired) electrons. The van der Waals surface area contributed by atoms with Gasteiger partial charge >= 0.3 is 0 Å². The molecule has 0 saturated carbocycles. The third-order valence-corrected chi connectivity index (χ3v) is 33.3. The van der Waals surface area contributed by atoms with E-state index in [-0.39, 0.29) is 0 Å². The predicted molar refractivity (Wildman–Crippen MR) is 291 cm³/mol. The van der Waals surface area contributed by atoms with E-state index in [1.54, 1.807) is 102 Å². The van der Waals surface area contributed by atoms with Gasteiger partial charge in [0, 0.05) is 0 Å². The van der Waals surface area contributed by atoms with Crippen LogP contribution in [0.2, 0.25) is 118 Å². The molecule has 0 fully saturated rings. The summed E-state index contributed by atoms with van der Waals surface area (Å²) in [5.74, 6) is 0.386. The maximum Gasteiger partial charge on any atom is 0.176 e. The first-order chi connectivity index (χ1) is 25.8. The summed E-state index contributed by atoms with van der Waals surface area (Å²) >= 11 is 0. The van der Waals surface area contributed by atoms with E-state index in [9.17, 15) is 0 Å². The number of hydrogen-bond donors (Lipinski definition) is 0. The summed E-state index contributed by atoms with van der Waals surface area (Å²) in [6, 6.07) is 8.64. The third kappa shape index (κ3) is 8.19. The molecular formula is C51H88Si7. The number of rotatable bonds is 10. The van der Waals surface area contributed by atoms with Gasteiger partial charge in [0.25, 0.3) is 0 Å². The lowest BCUT2D eigenvalue weighted by Gasteiger charge is -2.48. The molecule has 4 rings (SSSR count). The minimum atomic E-state index is -3.11. The summed E-state index contributed by atoms with van der Waals surface area (Å²) in [6.07, 6.45) is 0. The SMILES string of the molecule is CC1=C(C)C(C)C([Si](c2cc(C)c([Si](C)(C)C)c(C)c2[Si](C)(C)C)(c2cc(C)c([Si](C)(C)C)c(C)c2[Si](C)(C)C)c2cc(C)c([Si](C)(C)C)c(C)c2[Si](C)(C)C)=C1C. The predicted octanol–water partition coefficient (Wildman–Crippen LogP) is 10.1. The van der Waals surface area contributed by atoms with Gasteiger partial charge in [-0.05, 0) is 89.4 Å². The molecule has 3 aromatic rings. The van der Waals surface area contributed by atoms with Crippen LogP contribution >= 0.6 is 0 Å². The van der Waals surface area contributed by atoms with Crippen LogP contribution in [0, 0.1) is 47.5 Å². The van der Waals surface area contributed by atoms with Crippen LogP contribution in [0.15, 0.2) is 40.1 Å². The highest BCUT2D eigenvalue weighted by Crippen LogP contribution is 2.42. The van der Waals surface area contributed by atoms with E-state index in [1.165, 1.54) is 0 Å². The van der Waals surface area contributed by atoms with Gasteiger partial charge in [0.2, 0.25) is 0 Å². The summed E-state index contributed by atoms with van der Waals surface area (Å²) < 4.78 is 0. The van der Waals surface area contributed by atoms with Crippen LogP contribution in [0.3, 0.4) is 0 Å². The van der Waals surface area contributed by atoms with Crippen LogP contribution in [-0.2, 0) is 0 Å². The number of aryl methyl sites for hydroxylation is 3. The zero-order valence-corrected chi connectivity index (χ0v) is 50.3. The van der Waals surface area contributed by atoms with Crippen LogP contribution in [0.4, 0.5) is 0 Å². The van der Waals surface area contributed by atoms with Gasteiger partial charge in [0.05, 0.1) is 48.4 Å². The Balaban J connectivity index is 2.77. The molecule has 7 heteroatoms. The Morgan fingerprint density at radius 1 is 0.328 bits per heavy atom. The Hall–Kier alpha value is -1.34. The fourth-order valence-corrected chi connectivity index (χ4v) is 38.7. The van der Waals surface area contributed by atoms with Crippen LogP contribution in [0.25, 0.3) is 0 Å². The summed E-state index contributed by atoms with van der Waals surface area (Å²) in [6.45, 7) is 72.9. The van der Waals surface area contributed by atoms with Gasteiger partial charge in [-0.2, -0.15) is 0 Å². The highest BCUT2D eigenvalue weighted by Gasteiger charge is 2.55. The van der Waals surface area contributed by atoms with Gasteiger partial charge < -0.3 is 0 Å². The lowest BCUT2D eigenvalue weighted by Crippen LogP contribution is -2.83. The van der Waals surface area contributed by atoms with Crippen molar-refractivity contribution < 1.29 is 0 Å². The van der Waals surface area contributed by atoms with E-state index >= 15 is 0 Å². The fraction of sp³-hybridized carbons (Fsp3) is 0.569. The first-order valence-electron chi connectivity index (χ1n) is 22.6. The Morgan fingerprint density at radius 3 is 0.724 bits per heavy atom. The van der Waals surface area contributed by atoms with Gasteiger partial charge in [-0.25, -0.2) is 0 Å². The Labute approximate surface area is 367 Å². The second-order valence-electron chi connectivity index (χ2n) is 25.2. The summed E-state index contributed by atoms with van der Waals surface area (Å²) in [4.78, 5) is 0. The molecule has 1 unspecified atom stereocenters. The van der Waals surface area contributed by atoms with Crippen molar-refractivity contribution in [2.75, 3.05) is 0 Å². The van der Waals surface area contributed by atoms with Gasteiger partial charge in [0.15, 0.2) is 8.07 Å². The van der Waals surface area contributed by atoms with Crippen LogP contribution in [0.5, 0.6) is 0 Å². The quantitative estimate of drug-likeness (QED) is 0.141. The molecule has 0 amide bonds. The van der Waals surface area contributed by atoms with Crippen molar-refractivity contribution in [1.82, 2.24) is 0 Å². The second-order valence-corrected chi connectivity index (χ2v) is 58.8. The van der Waals surface area contributed by atoms with Crippen molar-refractivity contribution in [3.63, 3.8) is 0 Å². The van der Waals surface area contributed by atoms with Crippen molar-refractivity contribution in [2.24, 2.45) is 5.92 Å². The molecule has 58 heavy (non-hydrogen) atoms. The molecule has 0 aromatic heterocycles. The van der Waals surface area contributed by atoms with E-state index in [4.69, 9.17) is 0 Å². The summed E-state index contributed by atoms with van der Waals surface area (Å²) in [5.41, 5.74) is 14.4. The zero-order chi connectivity index (χ0) is 45.2. The van der Waals surface area contributed by atoms with Gasteiger partial charge in [-0.1, -0.05) is 224 Å². The molecule has 0 aliphatic heterocycles. The normalized spacial score (nSPS) is 16.7. The maximum atomic E-state index is 2.88. The maximum absolute atomic E-state index is 3.11. The van der Waals surface area contributed by atoms with Gasteiger partial charge in [0.1, 0.15) is 0 Å². The van der Waals surface area contributed by atoms with Crippen molar-refractivity contribution in [1.29, 1.82) is 0 Å². The van der Waals surface area contributed by atoms with Gasteiger partial charge in [-0.3, -0.25) is 0 Å². The van der Waals surface area contributed by atoms with Crippen LogP contribution < -0.4 is 46.7 Å². The number of hydrogen-bond acceptors (Lipinski definition) is 0. The van der Waals surface area contributed by atoms with Gasteiger partial charge in [-0.15, -0.1) is 0 Å². The summed E-state index contributed by atoms with van der Waals surface area (Å²) in [7, 11) is -14.1. The number of benzene rings is 3. The zero-order valence-electron chi connectivity index (χ0n) is 43.3. The van der Waals surface area contributed by atoms with E-state index in [0.717, 1.165) is 0 Å². The molecule has 320 valence electrons. The fourth-order valence-electron chi connectivity index (χ4n) is 13.0.